The van der Waals surface area contributed by atoms with Crippen molar-refractivity contribution in [1.82, 2.24) is 4.98 Å². The zero-order valence-corrected chi connectivity index (χ0v) is 10.4. The molecule has 88 valence electrons. The Labute approximate surface area is 101 Å². The van der Waals surface area contributed by atoms with Crippen molar-refractivity contribution in [3.63, 3.8) is 0 Å². The van der Waals surface area contributed by atoms with E-state index < -0.39 is 9.84 Å². The molecule has 1 aromatic rings. The summed E-state index contributed by atoms with van der Waals surface area (Å²) >= 11 is 6.24. The van der Waals surface area contributed by atoms with Crippen molar-refractivity contribution in [2.24, 2.45) is 5.92 Å². The van der Waals surface area contributed by atoms with Crippen molar-refractivity contribution >= 4 is 21.4 Å². The van der Waals surface area contributed by atoms with Crippen molar-refractivity contribution in [3.05, 3.63) is 30.1 Å². The highest BCUT2D eigenvalue weighted by atomic mass is 35.5. The molecule has 1 aliphatic rings. The maximum absolute atomic E-state index is 11.3. The number of aromatic nitrogens is 1. The summed E-state index contributed by atoms with van der Waals surface area (Å²) in [6.07, 6.45) is 3.05. The lowest BCUT2D eigenvalue weighted by Crippen LogP contribution is -2.19. The summed E-state index contributed by atoms with van der Waals surface area (Å²) in [6.45, 7) is 0. The zero-order valence-electron chi connectivity index (χ0n) is 8.84. The normalized spacial score (nSPS) is 25.4. The molecule has 0 amide bonds. The highest BCUT2D eigenvalue weighted by Crippen LogP contribution is 2.27. The Hall–Kier alpha value is -0.610. The van der Waals surface area contributed by atoms with Gasteiger partial charge >= 0.3 is 0 Å². The first kappa shape index (κ1) is 11.9. The second kappa shape index (κ2) is 4.72. The van der Waals surface area contributed by atoms with E-state index in [0.717, 1.165) is 5.69 Å². The van der Waals surface area contributed by atoms with E-state index in [4.69, 9.17) is 11.6 Å². The summed E-state index contributed by atoms with van der Waals surface area (Å²) in [5, 5.41) is -0.132. The van der Waals surface area contributed by atoms with E-state index in [1.54, 1.807) is 6.20 Å². The van der Waals surface area contributed by atoms with E-state index in [9.17, 15) is 8.42 Å². The van der Waals surface area contributed by atoms with Crippen molar-refractivity contribution in [3.8, 4) is 0 Å². The van der Waals surface area contributed by atoms with E-state index in [0.29, 0.717) is 12.8 Å². The fourth-order valence-corrected chi connectivity index (χ4v) is 4.35. The number of hydrogen-bond acceptors (Lipinski definition) is 3. The lowest BCUT2D eigenvalue weighted by atomic mass is 10.0. The molecule has 2 heterocycles. The molecule has 0 saturated carbocycles. The number of rotatable bonds is 3. The predicted octanol–water partition coefficient (Wildman–Crippen LogP) is 1.67. The van der Waals surface area contributed by atoms with E-state index >= 15 is 0 Å². The lowest BCUT2D eigenvalue weighted by Gasteiger charge is -2.14. The summed E-state index contributed by atoms with van der Waals surface area (Å²) in [4.78, 5) is 4.19. The second-order valence-electron chi connectivity index (χ2n) is 4.20. The summed E-state index contributed by atoms with van der Waals surface area (Å²) in [5.74, 6) is 0.588. The fraction of sp³-hybridized carbons (Fsp3) is 0.545. The van der Waals surface area contributed by atoms with Crippen LogP contribution in [0.15, 0.2) is 24.4 Å². The molecule has 2 unspecified atom stereocenters. The molecule has 1 saturated heterocycles. The summed E-state index contributed by atoms with van der Waals surface area (Å²) in [5.41, 5.74) is 0.923. The van der Waals surface area contributed by atoms with Crippen molar-refractivity contribution in [1.29, 1.82) is 0 Å². The van der Waals surface area contributed by atoms with E-state index in [1.807, 2.05) is 18.2 Å². The monoisotopic (exact) mass is 259 g/mol. The molecule has 3 nitrogen and oxygen atoms in total. The van der Waals surface area contributed by atoms with Gasteiger partial charge in [-0.25, -0.2) is 8.42 Å². The topological polar surface area (TPSA) is 47.0 Å². The van der Waals surface area contributed by atoms with E-state index in [2.05, 4.69) is 4.98 Å². The largest absolute Gasteiger partial charge is 0.261 e. The number of pyridine rings is 1. The van der Waals surface area contributed by atoms with Gasteiger partial charge < -0.3 is 0 Å². The molecule has 16 heavy (non-hydrogen) atoms. The number of sulfone groups is 1. The van der Waals surface area contributed by atoms with Gasteiger partial charge in [0.15, 0.2) is 9.84 Å². The second-order valence-corrected chi connectivity index (χ2v) is 6.99. The Morgan fingerprint density at radius 2 is 2.31 bits per heavy atom. The third kappa shape index (κ3) is 2.95. The molecule has 0 aliphatic carbocycles. The lowest BCUT2D eigenvalue weighted by molar-refractivity contribution is 0.547. The van der Waals surface area contributed by atoms with Gasteiger partial charge in [-0.15, -0.1) is 11.6 Å². The molecule has 0 spiro atoms. The standard InChI is InChI=1S/C11H14ClNO2S/c12-11(7-10-3-1-2-5-13-10)9-4-6-16(14,15)8-9/h1-3,5,9,11H,4,6-8H2. The van der Waals surface area contributed by atoms with Crippen LogP contribution in [0.1, 0.15) is 12.1 Å². The van der Waals surface area contributed by atoms with Crippen LogP contribution in [0.25, 0.3) is 0 Å². The van der Waals surface area contributed by atoms with Gasteiger partial charge in [-0.3, -0.25) is 4.98 Å². The van der Waals surface area contributed by atoms with E-state index in [1.165, 1.54) is 0 Å². The van der Waals surface area contributed by atoms with Gasteiger partial charge in [0.05, 0.1) is 11.5 Å². The summed E-state index contributed by atoms with van der Waals surface area (Å²) < 4.78 is 22.6. The first-order chi connectivity index (χ1) is 7.57. The number of alkyl halides is 1. The first-order valence-electron chi connectivity index (χ1n) is 5.31. The van der Waals surface area contributed by atoms with Gasteiger partial charge in [-0.2, -0.15) is 0 Å². The van der Waals surface area contributed by atoms with Crippen molar-refractivity contribution in [2.75, 3.05) is 11.5 Å². The minimum atomic E-state index is -2.84. The number of hydrogen-bond donors (Lipinski definition) is 0. The SMILES string of the molecule is O=S1(=O)CCC(C(Cl)Cc2ccccn2)C1. The molecule has 1 fully saturated rings. The Kier molecular flexibility index (Phi) is 3.50. The molecule has 5 heteroatoms. The smallest absolute Gasteiger partial charge is 0.150 e. The van der Waals surface area contributed by atoms with Crippen LogP contribution in [0, 0.1) is 5.92 Å². The van der Waals surface area contributed by atoms with Gasteiger partial charge in [0.1, 0.15) is 0 Å². The van der Waals surface area contributed by atoms with Crippen LogP contribution in [0.3, 0.4) is 0 Å². The average molecular weight is 260 g/mol. The Balaban J connectivity index is 1.97. The summed E-state index contributed by atoms with van der Waals surface area (Å²) in [6, 6.07) is 5.68. The van der Waals surface area contributed by atoms with Crippen LogP contribution >= 0.6 is 11.6 Å². The quantitative estimate of drug-likeness (QED) is 0.776. The van der Waals surface area contributed by atoms with Gasteiger partial charge in [-0.05, 0) is 24.5 Å². The Morgan fingerprint density at radius 3 is 2.88 bits per heavy atom. The molecular formula is C11H14ClNO2S. The molecular weight excluding hydrogens is 246 g/mol. The minimum Gasteiger partial charge on any atom is -0.261 e. The van der Waals surface area contributed by atoms with Gasteiger partial charge in [-0.1, -0.05) is 6.07 Å². The predicted molar refractivity (Wildman–Crippen MR) is 64.3 cm³/mol. The van der Waals surface area contributed by atoms with Crippen LogP contribution in [0.2, 0.25) is 0 Å². The highest BCUT2D eigenvalue weighted by Gasteiger charge is 2.32. The zero-order chi connectivity index (χ0) is 11.6. The molecule has 2 rings (SSSR count). The Bertz CT molecular complexity index is 446. The Morgan fingerprint density at radius 1 is 1.50 bits per heavy atom. The van der Waals surface area contributed by atoms with Crippen LogP contribution in [0.5, 0.6) is 0 Å². The van der Waals surface area contributed by atoms with Gasteiger partial charge in [0.25, 0.3) is 0 Å². The fourth-order valence-electron chi connectivity index (χ4n) is 1.99. The molecule has 0 bridgehead atoms. The maximum atomic E-state index is 11.3. The third-order valence-corrected chi connectivity index (χ3v) is 5.21. The van der Waals surface area contributed by atoms with Crippen LogP contribution in [0.4, 0.5) is 0 Å². The third-order valence-electron chi connectivity index (χ3n) is 2.91. The number of halogens is 1. The van der Waals surface area contributed by atoms with E-state index in [-0.39, 0.29) is 22.8 Å². The van der Waals surface area contributed by atoms with Crippen LogP contribution < -0.4 is 0 Å². The summed E-state index contributed by atoms with van der Waals surface area (Å²) in [7, 11) is -2.84. The minimum absolute atomic E-state index is 0.0775. The molecule has 0 aromatic carbocycles. The van der Waals surface area contributed by atoms with Crippen molar-refractivity contribution < 1.29 is 8.42 Å². The first-order valence-corrected chi connectivity index (χ1v) is 7.57. The molecule has 1 aliphatic heterocycles. The molecule has 1 aromatic heterocycles. The maximum Gasteiger partial charge on any atom is 0.150 e. The molecule has 2 atom stereocenters. The van der Waals surface area contributed by atoms with Crippen LogP contribution in [-0.4, -0.2) is 30.3 Å². The molecule has 0 radical (unpaired) electrons. The van der Waals surface area contributed by atoms with Crippen LogP contribution in [-0.2, 0) is 16.3 Å². The van der Waals surface area contributed by atoms with Gasteiger partial charge in [0.2, 0.25) is 0 Å². The number of nitrogens with zero attached hydrogens (tertiary/aromatic N) is 1. The molecule has 0 N–H and O–H groups in total. The average Bonchev–Trinajstić information content (AvgIpc) is 2.60. The highest BCUT2D eigenvalue weighted by molar-refractivity contribution is 7.91. The van der Waals surface area contributed by atoms with Crippen molar-refractivity contribution in [2.45, 2.75) is 18.2 Å². The van der Waals surface area contributed by atoms with Gasteiger partial charge in [0, 0.05) is 23.7 Å².